The molecule has 4 atom stereocenters. The molecule has 224 valence electrons. The van der Waals surface area contributed by atoms with Gasteiger partial charge < -0.3 is 14.6 Å². The predicted molar refractivity (Wildman–Crippen MR) is 155 cm³/mol. The van der Waals surface area contributed by atoms with Gasteiger partial charge in [0.05, 0.1) is 18.8 Å². The van der Waals surface area contributed by atoms with Gasteiger partial charge in [-0.25, -0.2) is 0 Å². The molecule has 0 amide bonds. The topological polar surface area (TPSA) is 72.8 Å². The highest BCUT2D eigenvalue weighted by atomic mass is 19.3. The molecule has 0 bridgehead atoms. The molecule has 2 aromatic carbocycles. The molecule has 41 heavy (non-hydrogen) atoms. The summed E-state index contributed by atoms with van der Waals surface area (Å²) in [5.41, 5.74) is 1.94. The van der Waals surface area contributed by atoms with E-state index in [1.54, 1.807) is 6.08 Å². The van der Waals surface area contributed by atoms with Crippen molar-refractivity contribution in [1.82, 2.24) is 0 Å². The Morgan fingerprint density at radius 3 is 2.22 bits per heavy atom. The molecule has 1 N–H and O–H groups in total. The van der Waals surface area contributed by atoms with Crippen LogP contribution < -0.4 is 0 Å². The van der Waals surface area contributed by atoms with Gasteiger partial charge in [0.25, 0.3) is 0 Å². The lowest BCUT2D eigenvalue weighted by Gasteiger charge is -2.23. The van der Waals surface area contributed by atoms with E-state index in [1.165, 1.54) is 0 Å². The van der Waals surface area contributed by atoms with Crippen LogP contribution in [0.4, 0.5) is 8.78 Å². The number of unbranched alkanes of at least 4 members (excludes halogenated alkanes) is 4. The molecule has 5 nitrogen and oxygen atoms in total. The number of aliphatic hydroxyl groups excluding tert-OH is 1. The quantitative estimate of drug-likeness (QED) is 0.113. The molecule has 1 aliphatic carbocycles. The Labute approximate surface area is 242 Å². The van der Waals surface area contributed by atoms with E-state index in [0.717, 1.165) is 36.5 Å². The molecule has 1 aliphatic rings. The number of rotatable bonds is 18. The summed E-state index contributed by atoms with van der Waals surface area (Å²) in [5, 5.41) is 10.9. The summed E-state index contributed by atoms with van der Waals surface area (Å²) < 4.78 is 40.1. The second-order valence-electron chi connectivity index (χ2n) is 11.0. The Morgan fingerprint density at radius 1 is 0.927 bits per heavy atom. The summed E-state index contributed by atoms with van der Waals surface area (Å²) in [7, 11) is 0. The molecule has 0 unspecified atom stereocenters. The van der Waals surface area contributed by atoms with E-state index in [2.05, 4.69) is 0 Å². The number of alkyl halides is 2. The Bertz CT molecular complexity index is 1070. The van der Waals surface area contributed by atoms with Crippen molar-refractivity contribution < 1.29 is 33.0 Å². The predicted octanol–water partition coefficient (Wildman–Crippen LogP) is 7.60. The highest BCUT2D eigenvalue weighted by molar-refractivity contribution is 5.95. The Morgan fingerprint density at radius 2 is 1.56 bits per heavy atom. The van der Waals surface area contributed by atoms with Crippen molar-refractivity contribution in [3.05, 3.63) is 83.9 Å². The Hall–Kier alpha value is -2.90. The zero-order chi connectivity index (χ0) is 29.5. The molecule has 7 heteroatoms. The average molecular weight is 571 g/mol. The summed E-state index contributed by atoms with van der Waals surface area (Å²) >= 11 is 0. The fourth-order valence-corrected chi connectivity index (χ4v) is 5.37. The van der Waals surface area contributed by atoms with E-state index in [0.29, 0.717) is 38.7 Å². The zero-order valence-electron chi connectivity index (χ0n) is 24.1. The van der Waals surface area contributed by atoms with Crippen LogP contribution >= 0.6 is 0 Å². The van der Waals surface area contributed by atoms with Crippen LogP contribution in [0.3, 0.4) is 0 Å². The smallest absolute Gasteiger partial charge is 0.309 e. The number of hydrogen-bond acceptors (Lipinski definition) is 5. The first kappa shape index (κ1) is 32.6. The van der Waals surface area contributed by atoms with Crippen molar-refractivity contribution >= 4 is 11.8 Å². The van der Waals surface area contributed by atoms with Gasteiger partial charge in [-0.1, -0.05) is 99.3 Å². The van der Waals surface area contributed by atoms with Gasteiger partial charge in [0.2, 0.25) is 5.78 Å². The number of halogens is 2. The van der Waals surface area contributed by atoms with E-state index in [-0.39, 0.29) is 36.9 Å². The number of benzene rings is 2. The van der Waals surface area contributed by atoms with E-state index in [1.807, 2.05) is 67.6 Å². The lowest BCUT2D eigenvalue weighted by Crippen LogP contribution is -2.28. The van der Waals surface area contributed by atoms with Gasteiger partial charge in [-0.3, -0.25) is 9.59 Å². The number of hydrogen-bond donors (Lipinski definition) is 1. The molecule has 0 radical (unpaired) electrons. The van der Waals surface area contributed by atoms with Gasteiger partial charge in [0.1, 0.15) is 6.61 Å². The minimum Gasteiger partial charge on any atom is -0.461 e. The van der Waals surface area contributed by atoms with Crippen LogP contribution in [-0.4, -0.2) is 35.0 Å². The van der Waals surface area contributed by atoms with Crippen molar-refractivity contribution in [3.8, 4) is 0 Å². The maximum Gasteiger partial charge on any atom is 0.309 e. The number of aliphatic hydroxyl groups is 1. The lowest BCUT2D eigenvalue weighted by atomic mass is 9.87. The first-order valence-electron chi connectivity index (χ1n) is 14.9. The van der Waals surface area contributed by atoms with Crippen molar-refractivity contribution in [1.29, 1.82) is 0 Å². The maximum absolute atomic E-state index is 14.3. The second-order valence-corrected chi connectivity index (χ2v) is 11.0. The largest absolute Gasteiger partial charge is 0.461 e. The molecular formula is C34H44F2O5. The standard InChI is InChI=1S/C34H44F2O5/c1-2-3-22-34(35,36)32(38)21-20-29-28(30(37)23-31(29)40-24-26-14-8-6-9-15-26)18-12-4-5-13-19-33(39)41-25-27-16-10-7-11-17-27/h6-11,14-17,20-21,28-31,37H,2-5,12-13,18-19,22-25H2,1H3/b21-20+/t28-,29-,30+,31-/m1/s1. The first-order chi connectivity index (χ1) is 19.8. The maximum atomic E-state index is 14.3. The molecular weight excluding hydrogens is 526 g/mol. The van der Waals surface area contributed by atoms with E-state index in [4.69, 9.17) is 9.47 Å². The van der Waals surface area contributed by atoms with E-state index in [9.17, 15) is 23.5 Å². The third kappa shape index (κ3) is 11.1. The van der Waals surface area contributed by atoms with Crippen LogP contribution in [0.5, 0.6) is 0 Å². The number of ether oxygens (including phenoxy) is 2. The molecule has 0 saturated heterocycles. The zero-order valence-corrected chi connectivity index (χ0v) is 24.1. The van der Waals surface area contributed by atoms with Gasteiger partial charge in [0, 0.05) is 25.2 Å². The molecule has 0 aliphatic heterocycles. The van der Waals surface area contributed by atoms with E-state index >= 15 is 0 Å². The second kappa shape index (κ2) is 17.1. The van der Waals surface area contributed by atoms with Crippen LogP contribution in [-0.2, 0) is 32.3 Å². The summed E-state index contributed by atoms with van der Waals surface area (Å²) in [6, 6.07) is 19.2. The minimum absolute atomic E-state index is 0.195. The molecule has 2 aromatic rings. The number of esters is 1. The monoisotopic (exact) mass is 570 g/mol. The van der Waals surface area contributed by atoms with Gasteiger partial charge in [0.15, 0.2) is 0 Å². The van der Waals surface area contributed by atoms with Crippen molar-refractivity contribution in [2.75, 3.05) is 0 Å². The molecule has 1 saturated carbocycles. The van der Waals surface area contributed by atoms with Crippen LogP contribution in [0, 0.1) is 11.8 Å². The summed E-state index contributed by atoms with van der Waals surface area (Å²) in [5.74, 6) is -5.33. The van der Waals surface area contributed by atoms with Crippen molar-refractivity contribution in [2.24, 2.45) is 11.8 Å². The SMILES string of the molecule is CCCCC(F)(F)C(=O)/C=C/[C@@H]1[C@@H](CCCCCCC(=O)OCc2ccccc2)[C@@H](O)C[C@H]1OCc1ccccc1. The van der Waals surface area contributed by atoms with E-state index < -0.39 is 24.2 Å². The molecule has 0 aromatic heterocycles. The van der Waals surface area contributed by atoms with Crippen molar-refractivity contribution in [2.45, 2.75) is 102 Å². The molecule has 1 fully saturated rings. The molecule has 0 spiro atoms. The van der Waals surface area contributed by atoms with Gasteiger partial charge in [-0.05, 0) is 42.4 Å². The fraction of sp³-hybridized carbons (Fsp3) is 0.529. The summed E-state index contributed by atoms with van der Waals surface area (Å²) in [6.45, 7) is 2.43. The molecule has 0 heterocycles. The van der Waals surface area contributed by atoms with Crippen LogP contribution in [0.1, 0.15) is 82.3 Å². The first-order valence-corrected chi connectivity index (χ1v) is 14.9. The number of ketones is 1. The highest BCUT2D eigenvalue weighted by Crippen LogP contribution is 2.39. The third-order valence-corrected chi connectivity index (χ3v) is 7.78. The summed E-state index contributed by atoms with van der Waals surface area (Å²) in [4.78, 5) is 24.4. The Kier molecular flexibility index (Phi) is 13.6. The molecule has 3 rings (SSSR count). The third-order valence-electron chi connectivity index (χ3n) is 7.78. The minimum atomic E-state index is -3.39. The van der Waals surface area contributed by atoms with Crippen LogP contribution in [0.15, 0.2) is 72.8 Å². The van der Waals surface area contributed by atoms with Crippen LogP contribution in [0.2, 0.25) is 0 Å². The van der Waals surface area contributed by atoms with Crippen LogP contribution in [0.25, 0.3) is 0 Å². The number of allylic oxidation sites excluding steroid dienone is 1. The van der Waals surface area contributed by atoms with Crippen molar-refractivity contribution in [3.63, 3.8) is 0 Å². The highest BCUT2D eigenvalue weighted by Gasteiger charge is 2.42. The van der Waals surface area contributed by atoms with Gasteiger partial charge in [-0.2, -0.15) is 8.78 Å². The van der Waals surface area contributed by atoms with Gasteiger partial charge in [-0.15, -0.1) is 0 Å². The number of carbonyl (C=O) groups excluding carboxylic acids is 2. The number of carbonyl (C=O) groups is 2. The Balaban J connectivity index is 1.50. The normalized spacial score (nSPS) is 20.9. The lowest BCUT2D eigenvalue weighted by molar-refractivity contribution is -0.145. The fourth-order valence-electron chi connectivity index (χ4n) is 5.37. The average Bonchev–Trinajstić information content (AvgIpc) is 3.28. The van der Waals surface area contributed by atoms with Gasteiger partial charge >= 0.3 is 11.9 Å². The summed E-state index contributed by atoms with van der Waals surface area (Å²) in [6.07, 6.45) is 6.62.